The molecule has 0 unspecified atom stereocenters. The van der Waals surface area contributed by atoms with Crippen LogP contribution in [0.3, 0.4) is 0 Å². The molecule has 5 heteroatoms. The summed E-state index contributed by atoms with van der Waals surface area (Å²) in [4.78, 5) is 16.8. The highest BCUT2D eigenvalue weighted by Gasteiger charge is 2.31. The van der Waals surface area contributed by atoms with E-state index in [-0.39, 0.29) is 17.2 Å². The van der Waals surface area contributed by atoms with Gasteiger partial charge >= 0.3 is 0 Å². The number of amidine groups is 1. The van der Waals surface area contributed by atoms with E-state index in [4.69, 9.17) is 11.6 Å². The lowest BCUT2D eigenvalue weighted by atomic mass is 9.92. The number of fused-ring (bicyclic) bond motifs is 1. The van der Waals surface area contributed by atoms with Crippen molar-refractivity contribution in [3.63, 3.8) is 0 Å². The lowest BCUT2D eigenvalue weighted by Gasteiger charge is -2.23. The summed E-state index contributed by atoms with van der Waals surface area (Å²) >= 11 is 5.70. The fourth-order valence-electron chi connectivity index (χ4n) is 2.91. The first-order chi connectivity index (χ1) is 9.63. The number of ketones is 1. The second-order valence-corrected chi connectivity index (χ2v) is 5.81. The summed E-state index contributed by atoms with van der Waals surface area (Å²) in [6.45, 7) is 0. The van der Waals surface area contributed by atoms with Crippen LogP contribution in [0.4, 0.5) is 4.39 Å². The van der Waals surface area contributed by atoms with Crippen LogP contribution in [-0.4, -0.2) is 23.7 Å². The predicted molar refractivity (Wildman–Crippen MR) is 77.0 cm³/mol. The lowest BCUT2D eigenvalue weighted by molar-refractivity contribution is 0.1000. The molecule has 0 bridgehead atoms. The molecule has 0 aromatic heterocycles. The minimum Gasteiger partial charge on any atom is -0.369 e. The first-order valence-corrected chi connectivity index (χ1v) is 7.33. The Kier molecular flexibility index (Phi) is 3.74. The maximum atomic E-state index is 13.1. The van der Waals surface area contributed by atoms with E-state index < -0.39 is 5.82 Å². The largest absolute Gasteiger partial charge is 0.369 e. The van der Waals surface area contributed by atoms with Crippen molar-refractivity contribution < 1.29 is 9.18 Å². The normalized spacial score (nSPS) is 24.8. The van der Waals surface area contributed by atoms with Gasteiger partial charge in [-0.3, -0.25) is 9.79 Å². The van der Waals surface area contributed by atoms with Gasteiger partial charge in [0.2, 0.25) is 0 Å². The smallest absolute Gasteiger partial charge is 0.170 e. The number of halogens is 2. The van der Waals surface area contributed by atoms with E-state index in [1.807, 2.05) is 0 Å². The molecule has 2 atom stereocenters. The van der Waals surface area contributed by atoms with E-state index in [0.717, 1.165) is 18.7 Å². The fraction of sp³-hybridized carbons (Fsp3) is 0.467. The van der Waals surface area contributed by atoms with Crippen LogP contribution in [0.2, 0.25) is 5.02 Å². The number of aliphatic imine (C=N–C) groups is 1. The van der Waals surface area contributed by atoms with Crippen molar-refractivity contribution in [2.24, 2.45) is 4.99 Å². The maximum absolute atomic E-state index is 13.1. The molecule has 1 N–H and O–H groups in total. The Hall–Kier alpha value is -1.42. The molecule has 20 heavy (non-hydrogen) atoms. The summed E-state index contributed by atoms with van der Waals surface area (Å²) in [5.74, 6) is 0.162. The van der Waals surface area contributed by atoms with Crippen molar-refractivity contribution in [2.45, 2.75) is 44.2 Å². The van der Waals surface area contributed by atoms with Gasteiger partial charge in [-0.1, -0.05) is 24.4 Å². The molecule has 1 heterocycles. The average Bonchev–Trinajstić information content (AvgIpc) is 2.83. The van der Waals surface area contributed by atoms with Crippen molar-refractivity contribution in [1.82, 2.24) is 5.32 Å². The van der Waals surface area contributed by atoms with E-state index in [1.165, 1.54) is 31.0 Å². The van der Waals surface area contributed by atoms with Gasteiger partial charge in [0, 0.05) is 11.6 Å². The van der Waals surface area contributed by atoms with E-state index in [9.17, 15) is 9.18 Å². The fourth-order valence-corrected chi connectivity index (χ4v) is 3.09. The van der Waals surface area contributed by atoms with Gasteiger partial charge in [-0.25, -0.2) is 4.39 Å². The van der Waals surface area contributed by atoms with Crippen molar-refractivity contribution in [1.29, 1.82) is 0 Å². The molecular weight excluding hydrogens is 279 g/mol. The molecule has 3 rings (SSSR count). The summed E-state index contributed by atoms with van der Waals surface area (Å²) < 4.78 is 13.1. The Labute approximate surface area is 122 Å². The third-order valence-corrected chi connectivity index (χ3v) is 4.26. The van der Waals surface area contributed by atoms with Gasteiger partial charge in [0.15, 0.2) is 5.78 Å². The van der Waals surface area contributed by atoms with Gasteiger partial charge in [-0.05, 0) is 31.0 Å². The molecule has 0 spiro atoms. The highest BCUT2D eigenvalue weighted by molar-refractivity contribution is 6.31. The molecule has 1 saturated carbocycles. The van der Waals surface area contributed by atoms with Crippen LogP contribution < -0.4 is 5.32 Å². The standard InChI is InChI=1S/C15H16ClFN2O/c16-10-7-9(5-6-11(10)17)14(20)8-15-18-12-3-1-2-4-13(12)19-15/h5-7,12-13H,1-4,8H2,(H,18,19)/t12-,13+. The number of Topliss-reactive ketones (excluding diaryl/α,β-unsaturated/α-hetero) is 1. The topological polar surface area (TPSA) is 41.5 Å². The Morgan fingerprint density at radius 1 is 1.40 bits per heavy atom. The molecule has 0 saturated heterocycles. The summed E-state index contributed by atoms with van der Waals surface area (Å²) in [7, 11) is 0. The molecule has 1 aliphatic heterocycles. The van der Waals surface area contributed by atoms with Gasteiger partial charge in [0.25, 0.3) is 0 Å². The zero-order valence-electron chi connectivity index (χ0n) is 11.0. The average molecular weight is 295 g/mol. The van der Waals surface area contributed by atoms with Crippen molar-refractivity contribution in [3.05, 3.63) is 34.6 Å². The van der Waals surface area contributed by atoms with E-state index >= 15 is 0 Å². The Morgan fingerprint density at radius 2 is 2.20 bits per heavy atom. The molecule has 3 nitrogen and oxygen atoms in total. The first-order valence-electron chi connectivity index (χ1n) is 6.95. The first kappa shape index (κ1) is 13.6. The number of carbonyl (C=O) groups is 1. The Bertz CT molecular complexity index is 573. The van der Waals surface area contributed by atoms with Gasteiger partial charge in [-0.15, -0.1) is 0 Å². The van der Waals surface area contributed by atoms with Crippen LogP contribution in [0.15, 0.2) is 23.2 Å². The molecule has 0 amide bonds. The van der Waals surface area contributed by atoms with Gasteiger partial charge < -0.3 is 5.32 Å². The minimum atomic E-state index is -0.509. The van der Waals surface area contributed by atoms with Crippen LogP contribution in [0.5, 0.6) is 0 Å². The number of nitrogens with one attached hydrogen (secondary N) is 1. The third-order valence-electron chi connectivity index (χ3n) is 3.97. The van der Waals surface area contributed by atoms with Crippen molar-refractivity contribution in [2.75, 3.05) is 0 Å². The maximum Gasteiger partial charge on any atom is 0.170 e. The number of nitrogens with zero attached hydrogens (tertiary/aromatic N) is 1. The van der Waals surface area contributed by atoms with E-state index in [1.54, 1.807) is 0 Å². The van der Waals surface area contributed by atoms with Gasteiger partial charge in [0.05, 0.1) is 17.5 Å². The molecular formula is C15H16ClFN2O. The number of rotatable bonds is 3. The zero-order chi connectivity index (χ0) is 14.1. The second-order valence-electron chi connectivity index (χ2n) is 5.41. The molecule has 1 fully saturated rings. The number of hydrogen-bond donors (Lipinski definition) is 1. The molecule has 2 aliphatic rings. The molecule has 1 aromatic rings. The number of hydrogen-bond acceptors (Lipinski definition) is 3. The summed E-state index contributed by atoms with van der Waals surface area (Å²) in [6.07, 6.45) is 4.88. The summed E-state index contributed by atoms with van der Waals surface area (Å²) in [5.41, 5.74) is 0.427. The molecule has 0 radical (unpaired) electrons. The van der Waals surface area contributed by atoms with E-state index in [0.29, 0.717) is 17.6 Å². The van der Waals surface area contributed by atoms with Crippen LogP contribution in [0.1, 0.15) is 42.5 Å². The van der Waals surface area contributed by atoms with Crippen LogP contribution in [-0.2, 0) is 0 Å². The SMILES string of the molecule is O=C(CC1=N[C@@H]2CCCC[C@@H]2N1)c1ccc(F)c(Cl)c1. The predicted octanol–water partition coefficient (Wildman–Crippen LogP) is 3.36. The molecule has 1 aliphatic carbocycles. The van der Waals surface area contributed by atoms with E-state index in [2.05, 4.69) is 10.3 Å². The van der Waals surface area contributed by atoms with Gasteiger partial charge in [0.1, 0.15) is 11.7 Å². The highest BCUT2D eigenvalue weighted by atomic mass is 35.5. The van der Waals surface area contributed by atoms with Crippen molar-refractivity contribution >= 4 is 23.2 Å². The zero-order valence-corrected chi connectivity index (χ0v) is 11.8. The summed E-state index contributed by atoms with van der Waals surface area (Å²) in [5, 5.41) is 3.32. The second kappa shape index (κ2) is 5.52. The highest BCUT2D eigenvalue weighted by Crippen LogP contribution is 2.25. The molecule has 106 valence electrons. The van der Waals surface area contributed by atoms with Crippen LogP contribution in [0, 0.1) is 5.82 Å². The lowest BCUT2D eigenvalue weighted by Crippen LogP contribution is -2.37. The van der Waals surface area contributed by atoms with Crippen LogP contribution >= 0.6 is 11.6 Å². The Morgan fingerprint density at radius 3 is 2.95 bits per heavy atom. The van der Waals surface area contributed by atoms with Crippen LogP contribution in [0.25, 0.3) is 0 Å². The van der Waals surface area contributed by atoms with Gasteiger partial charge in [-0.2, -0.15) is 0 Å². The summed E-state index contributed by atoms with van der Waals surface area (Å²) in [6, 6.07) is 4.78. The minimum absolute atomic E-state index is 0.0224. The molecule has 1 aromatic carbocycles. The monoisotopic (exact) mass is 294 g/mol. The van der Waals surface area contributed by atoms with Crippen molar-refractivity contribution in [3.8, 4) is 0 Å². The number of benzene rings is 1. The Balaban J connectivity index is 1.68. The third kappa shape index (κ3) is 2.70. The number of carbonyl (C=O) groups excluding carboxylic acids is 1. The quantitative estimate of drug-likeness (QED) is 0.869.